The van der Waals surface area contributed by atoms with Gasteiger partial charge in [0.25, 0.3) is 0 Å². The highest BCUT2D eigenvalue weighted by Gasteiger charge is 2.20. The zero-order chi connectivity index (χ0) is 20.7. The first-order valence-electron chi connectivity index (χ1n) is 8.43. The zero-order valence-electron chi connectivity index (χ0n) is 15.2. The van der Waals surface area contributed by atoms with E-state index in [1.165, 1.54) is 31.3 Å². The quantitative estimate of drug-likeness (QED) is 0.527. The van der Waals surface area contributed by atoms with Crippen LogP contribution in [0.3, 0.4) is 0 Å². The van der Waals surface area contributed by atoms with Gasteiger partial charge >= 0.3 is 17.6 Å². The van der Waals surface area contributed by atoms with E-state index in [1.54, 1.807) is 12.3 Å². The van der Waals surface area contributed by atoms with E-state index in [-0.39, 0.29) is 27.3 Å². The number of hydrogen-bond donors (Lipinski definition) is 3. The average Bonchev–Trinajstić information content (AvgIpc) is 2.69. The fourth-order valence-electron chi connectivity index (χ4n) is 2.79. The third-order valence-electron chi connectivity index (χ3n) is 4.23. The minimum absolute atomic E-state index is 0.0277. The number of carboxylic acid groups (broad SMARTS) is 2. The number of hydrogen-bond acceptors (Lipinski definition) is 7. The van der Waals surface area contributed by atoms with E-state index in [2.05, 4.69) is 10.3 Å². The number of piperazine rings is 1. The molecule has 3 N–H and O–H groups in total. The monoisotopic (exact) mass is 388 g/mol. The van der Waals surface area contributed by atoms with Crippen LogP contribution in [0.15, 0.2) is 36.7 Å². The van der Waals surface area contributed by atoms with Crippen LogP contribution in [0.5, 0.6) is 0 Å². The molecule has 1 aliphatic rings. The van der Waals surface area contributed by atoms with E-state index in [9.17, 15) is 19.7 Å². The van der Waals surface area contributed by atoms with Crippen LogP contribution in [0.2, 0.25) is 0 Å². The summed E-state index contributed by atoms with van der Waals surface area (Å²) in [5.41, 5.74) is 1.08. The molecular formula is C18H20N4O6. The SMILES string of the molecule is Cc1c(C(=O)O)cccc1C(=O)O.O=[N+]([O-])c1cnccc1N1CCNCC1. The summed E-state index contributed by atoms with van der Waals surface area (Å²) in [6.45, 7) is 4.79. The van der Waals surface area contributed by atoms with Gasteiger partial charge in [0.05, 0.1) is 16.1 Å². The number of benzene rings is 1. The van der Waals surface area contributed by atoms with Gasteiger partial charge in [0.1, 0.15) is 11.9 Å². The molecule has 0 bridgehead atoms. The van der Waals surface area contributed by atoms with Gasteiger partial charge in [0.15, 0.2) is 0 Å². The Hall–Kier alpha value is -3.53. The van der Waals surface area contributed by atoms with Crippen molar-refractivity contribution >= 4 is 23.3 Å². The third kappa shape index (κ3) is 5.01. The molecule has 10 heteroatoms. The van der Waals surface area contributed by atoms with Crippen molar-refractivity contribution < 1.29 is 24.7 Å². The molecule has 1 aliphatic heterocycles. The van der Waals surface area contributed by atoms with Gasteiger partial charge in [0.2, 0.25) is 0 Å². The van der Waals surface area contributed by atoms with Crippen molar-refractivity contribution in [2.75, 3.05) is 31.1 Å². The smallest absolute Gasteiger partial charge is 0.335 e. The fraction of sp³-hybridized carbons (Fsp3) is 0.278. The van der Waals surface area contributed by atoms with Crippen LogP contribution in [0.4, 0.5) is 11.4 Å². The van der Waals surface area contributed by atoms with E-state index < -0.39 is 11.9 Å². The number of pyridine rings is 1. The van der Waals surface area contributed by atoms with Gasteiger partial charge in [-0.25, -0.2) is 9.59 Å². The van der Waals surface area contributed by atoms with Gasteiger partial charge in [-0.2, -0.15) is 0 Å². The van der Waals surface area contributed by atoms with Gasteiger partial charge in [-0.1, -0.05) is 6.07 Å². The number of nitrogens with one attached hydrogen (secondary N) is 1. The minimum Gasteiger partial charge on any atom is -0.478 e. The van der Waals surface area contributed by atoms with Crippen LogP contribution >= 0.6 is 0 Å². The van der Waals surface area contributed by atoms with Gasteiger partial charge in [0, 0.05) is 32.4 Å². The van der Waals surface area contributed by atoms with Crippen molar-refractivity contribution in [2.45, 2.75) is 6.92 Å². The second kappa shape index (κ2) is 9.42. The van der Waals surface area contributed by atoms with Crippen LogP contribution in [-0.4, -0.2) is 58.2 Å². The van der Waals surface area contributed by atoms with E-state index >= 15 is 0 Å². The first-order valence-corrected chi connectivity index (χ1v) is 8.43. The summed E-state index contributed by atoms with van der Waals surface area (Å²) in [6.07, 6.45) is 2.89. The fourth-order valence-corrected chi connectivity index (χ4v) is 2.79. The predicted octanol–water partition coefficient (Wildman–Crippen LogP) is 1.79. The van der Waals surface area contributed by atoms with Crippen LogP contribution in [0.25, 0.3) is 0 Å². The Morgan fingerprint density at radius 2 is 1.71 bits per heavy atom. The highest BCUT2D eigenvalue weighted by molar-refractivity contribution is 5.96. The molecule has 0 unspecified atom stereocenters. The van der Waals surface area contributed by atoms with Gasteiger partial charge in [-0.05, 0) is 30.7 Å². The standard InChI is InChI=1S/C9H12N4O2.C9H8O4/c14-13(15)9-7-11-2-1-8(9)12-5-3-10-4-6-12;1-5-6(8(10)11)3-2-4-7(5)9(12)13/h1-2,7,10H,3-6H2;2-4H,1H3,(H,10,11)(H,12,13). The lowest BCUT2D eigenvalue weighted by Gasteiger charge is -2.28. The number of nitrogens with zero attached hydrogens (tertiary/aromatic N) is 3. The maximum atomic E-state index is 10.8. The molecular weight excluding hydrogens is 368 g/mol. The summed E-state index contributed by atoms with van der Waals surface area (Å²) in [4.78, 5) is 37.4. The van der Waals surface area contributed by atoms with Crippen LogP contribution in [0, 0.1) is 17.0 Å². The number of carbonyl (C=O) groups is 2. The summed E-state index contributed by atoms with van der Waals surface area (Å²) < 4.78 is 0. The van der Waals surface area contributed by atoms with E-state index in [1.807, 2.05) is 4.90 Å². The number of carboxylic acids is 2. The Labute approximate surface area is 160 Å². The lowest BCUT2D eigenvalue weighted by atomic mass is 10.0. The molecule has 1 aromatic carbocycles. The third-order valence-corrected chi connectivity index (χ3v) is 4.23. The average molecular weight is 388 g/mol. The Morgan fingerprint density at radius 1 is 1.14 bits per heavy atom. The lowest BCUT2D eigenvalue weighted by Crippen LogP contribution is -2.43. The van der Waals surface area contributed by atoms with Crippen molar-refractivity contribution in [1.29, 1.82) is 0 Å². The van der Waals surface area contributed by atoms with Crippen molar-refractivity contribution in [1.82, 2.24) is 10.3 Å². The molecule has 1 fully saturated rings. The number of aromatic nitrogens is 1. The highest BCUT2D eigenvalue weighted by atomic mass is 16.6. The van der Waals surface area contributed by atoms with E-state index in [4.69, 9.17) is 10.2 Å². The molecule has 0 amide bonds. The molecule has 10 nitrogen and oxygen atoms in total. The molecule has 0 saturated carbocycles. The van der Waals surface area contributed by atoms with Crippen LogP contribution in [0.1, 0.15) is 26.3 Å². The normalized spacial score (nSPS) is 13.2. The lowest BCUT2D eigenvalue weighted by molar-refractivity contribution is -0.384. The molecule has 3 rings (SSSR count). The summed E-state index contributed by atoms with van der Waals surface area (Å²) in [5.74, 6) is -2.22. The van der Waals surface area contributed by atoms with Gasteiger partial charge in [-0.15, -0.1) is 0 Å². The number of rotatable bonds is 4. The molecule has 0 aliphatic carbocycles. The minimum atomic E-state index is -1.11. The highest BCUT2D eigenvalue weighted by Crippen LogP contribution is 2.26. The van der Waals surface area contributed by atoms with Crippen molar-refractivity contribution in [3.05, 3.63) is 63.5 Å². The van der Waals surface area contributed by atoms with E-state index in [0.29, 0.717) is 5.69 Å². The van der Waals surface area contributed by atoms with E-state index in [0.717, 1.165) is 26.2 Å². The Kier molecular flexibility index (Phi) is 6.99. The first-order chi connectivity index (χ1) is 13.3. The Morgan fingerprint density at radius 3 is 2.21 bits per heavy atom. The topological polar surface area (TPSA) is 146 Å². The predicted molar refractivity (Wildman–Crippen MR) is 101 cm³/mol. The van der Waals surface area contributed by atoms with Gasteiger partial charge in [-0.3, -0.25) is 15.1 Å². The zero-order valence-corrected chi connectivity index (χ0v) is 15.2. The van der Waals surface area contributed by atoms with Crippen LogP contribution < -0.4 is 10.2 Å². The summed E-state index contributed by atoms with van der Waals surface area (Å²) in [7, 11) is 0. The van der Waals surface area contributed by atoms with Crippen molar-refractivity contribution in [3.8, 4) is 0 Å². The molecule has 1 aromatic heterocycles. The molecule has 28 heavy (non-hydrogen) atoms. The maximum absolute atomic E-state index is 10.8. The first kappa shape index (κ1) is 20.8. The summed E-state index contributed by atoms with van der Waals surface area (Å²) in [5, 5.41) is 31.4. The molecule has 2 heterocycles. The molecule has 0 atom stereocenters. The second-order valence-corrected chi connectivity index (χ2v) is 5.95. The molecule has 0 radical (unpaired) electrons. The van der Waals surface area contributed by atoms with Gasteiger partial charge < -0.3 is 20.4 Å². The van der Waals surface area contributed by atoms with Crippen molar-refractivity contribution in [3.63, 3.8) is 0 Å². The number of anilines is 1. The molecule has 0 spiro atoms. The number of aromatic carboxylic acids is 2. The Bertz CT molecular complexity index is 848. The molecule has 1 saturated heterocycles. The summed E-state index contributed by atoms with van der Waals surface area (Å²) >= 11 is 0. The number of nitro groups is 1. The van der Waals surface area contributed by atoms with Crippen molar-refractivity contribution in [2.24, 2.45) is 0 Å². The molecule has 148 valence electrons. The van der Waals surface area contributed by atoms with Crippen LogP contribution in [-0.2, 0) is 0 Å². The molecule has 2 aromatic rings. The Balaban J connectivity index is 0.000000203. The second-order valence-electron chi connectivity index (χ2n) is 5.95. The largest absolute Gasteiger partial charge is 0.478 e. The maximum Gasteiger partial charge on any atom is 0.335 e. The summed E-state index contributed by atoms with van der Waals surface area (Å²) in [6, 6.07) is 5.87.